The van der Waals surface area contributed by atoms with E-state index >= 15 is 0 Å². The van der Waals surface area contributed by atoms with Gasteiger partial charge in [-0.2, -0.15) is 0 Å². The first-order chi connectivity index (χ1) is 8.74. The topological polar surface area (TPSA) is 22.1 Å². The Balaban J connectivity index is -0.000000238. The maximum Gasteiger partial charge on any atom is 0.213 e. The molecule has 0 atom stereocenters. The molecule has 0 bridgehead atoms. The maximum atomic E-state index is 5.15. The van der Waals surface area contributed by atoms with E-state index in [0.717, 1.165) is 5.56 Å². The molecule has 1 aromatic heterocycles. The van der Waals surface area contributed by atoms with Gasteiger partial charge in [0.2, 0.25) is 5.88 Å². The van der Waals surface area contributed by atoms with Gasteiger partial charge < -0.3 is 4.74 Å². The number of aryl methyl sites for hydroxylation is 1. The Labute approximate surface area is 114 Å². The summed E-state index contributed by atoms with van der Waals surface area (Å²) in [5.74, 6) is 0.702. The molecule has 0 spiro atoms. The van der Waals surface area contributed by atoms with E-state index in [4.69, 9.17) is 4.74 Å². The Morgan fingerprint density at radius 1 is 1.06 bits per heavy atom. The Morgan fingerprint density at radius 2 is 1.56 bits per heavy atom. The molecule has 0 aliphatic carbocycles. The van der Waals surface area contributed by atoms with E-state index in [9.17, 15) is 0 Å². The van der Waals surface area contributed by atoms with Gasteiger partial charge in [0.25, 0.3) is 0 Å². The fraction of sp³-hybridized carbons (Fsp3) is 0.562. The van der Waals surface area contributed by atoms with E-state index in [1.165, 1.54) is 0 Å². The van der Waals surface area contributed by atoms with Crippen LogP contribution < -0.4 is 4.74 Å². The van der Waals surface area contributed by atoms with Crippen molar-refractivity contribution >= 4 is 0 Å². The van der Waals surface area contributed by atoms with Crippen molar-refractivity contribution in [1.29, 1.82) is 0 Å². The number of rotatable bonds is 2. The molecule has 0 radical (unpaired) electrons. The van der Waals surface area contributed by atoms with E-state index in [-0.39, 0.29) is 0 Å². The SMILES string of the molecule is C/C=C\C.CC.CC.CCOc1ccc(C)cn1. The second-order valence-corrected chi connectivity index (χ2v) is 2.77. The Morgan fingerprint density at radius 3 is 1.83 bits per heavy atom. The summed E-state index contributed by atoms with van der Waals surface area (Å²) in [6.07, 6.45) is 5.80. The number of allylic oxidation sites excluding steroid dienone is 2. The summed E-state index contributed by atoms with van der Waals surface area (Å²) in [5.41, 5.74) is 1.16. The normalized spacial score (nSPS) is 8.00. The van der Waals surface area contributed by atoms with Crippen LogP contribution in [0.5, 0.6) is 5.88 Å². The van der Waals surface area contributed by atoms with Crippen molar-refractivity contribution in [3.63, 3.8) is 0 Å². The van der Waals surface area contributed by atoms with Gasteiger partial charge in [-0.05, 0) is 33.3 Å². The van der Waals surface area contributed by atoms with Crippen LogP contribution in [0, 0.1) is 6.92 Å². The molecule has 0 saturated heterocycles. The number of hydrogen-bond donors (Lipinski definition) is 0. The Kier molecular flexibility index (Phi) is 25.6. The second kappa shape index (κ2) is 21.0. The summed E-state index contributed by atoms with van der Waals surface area (Å²) in [6, 6.07) is 3.86. The highest BCUT2D eigenvalue weighted by molar-refractivity contribution is 5.15. The number of aromatic nitrogens is 1. The molecule has 0 amide bonds. The van der Waals surface area contributed by atoms with Gasteiger partial charge in [0.1, 0.15) is 0 Å². The van der Waals surface area contributed by atoms with Gasteiger partial charge in [0.15, 0.2) is 0 Å². The lowest BCUT2D eigenvalue weighted by Gasteiger charge is -1.99. The van der Waals surface area contributed by atoms with E-state index < -0.39 is 0 Å². The van der Waals surface area contributed by atoms with Gasteiger partial charge >= 0.3 is 0 Å². The number of ether oxygens (including phenoxy) is 1. The molecule has 18 heavy (non-hydrogen) atoms. The fourth-order valence-electron chi connectivity index (χ4n) is 0.688. The van der Waals surface area contributed by atoms with Crippen LogP contribution in [0.1, 0.15) is 54.0 Å². The quantitative estimate of drug-likeness (QED) is 0.656. The highest BCUT2D eigenvalue weighted by Gasteiger charge is 1.89. The number of nitrogens with zero attached hydrogens (tertiary/aromatic N) is 1. The lowest BCUT2D eigenvalue weighted by atomic mass is 10.3. The zero-order valence-electron chi connectivity index (χ0n) is 13.4. The molecule has 1 heterocycles. The third-order valence-electron chi connectivity index (χ3n) is 1.51. The Bertz CT molecular complexity index is 248. The van der Waals surface area contributed by atoms with Crippen LogP contribution in [-0.4, -0.2) is 11.6 Å². The van der Waals surface area contributed by atoms with Gasteiger partial charge in [0.05, 0.1) is 6.61 Å². The molecule has 0 unspecified atom stereocenters. The van der Waals surface area contributed by atoms with Crippen molar-refractivity contribution < 1.29 is 4.74 Å². The van der Waals surface area contributed by atoms with Crippen molar-refractivity contribution in [3.8, 4) is 5.88 Å². The van der Waals surface area contributed by atoms with Crippen molar-refractivity contribution in [1.82, 2.24) is 4.98 Å². The molecule has 0 fully saturated rings. The number of hydrogen-bond acceptors (Lipinski definition) is 2. The van der Waals surface area contributed by atoms with E-state index in [0.29, 0.717) is 12.5 Å². The van der Waals surface area contributed by atoms with Crippen molar-refractivity contribution in [2.75, 3.05) is 6.61 Å². The molecule has 0 aliphatic rings. The molecule has 0 N–H and O–H groups in total. The van der Waals surface area contributed by atoms with Crippen molar-refractivity contribution in [2.24, 2.45) is 0 Å². The molecule has 0 saturated carbocycles. The molecule has 106 valence electrons. The average Bonchev–Trinajstić information content (AvgIpc) is 2.46. The largest absolute Gasteiger partial charge is 0.478 e. The lowest BCUT2D eigenvalue weighted by Crippen LogP contribution is -1.93. The minimum absolute atomic E-state index is 0.677. The molecular weight excluding hydrogens is 222 g/mol. The average molecular weight is 253 g/mol. The summed E-state index contributed by atoms with van der Waals surface area (Å²) in [5, 5.41) is 0. The van der Waals surface area contributed by atoms with E-state index in [1.54, 1.807) is 6.20 Å². The van der Waals surface area contributed by atoms with Crippen molar-refractivity contribution in [3.05, 3.63) is 36.0 Å². The molecule has 1 aromatic rings. The lowest BCUT2D eigenvalue weighted by molar-refractivity contribution is 0.327. The monoisotopic (exact) mass is 253 g/mol. The predicted octanol–water partition coefficient (Wildman–Crippen LogP) is 5.42. The fourth-order valence-corrected chi connectivity index (χ4v) is 0.688. The minimum Gasteiger partial charge on any atom is -0.478 e. The summed E-state index contributed by atoms with van der Waals surface area (Å²) in [4.78, 5) is 4.05. The van der Waals surface area contributed by atoms with Crippen LogP contribution in [0.25, 0.3) is 0 Å². The van der Waals surface area contributed by atoms with Gasteiger partial charge in [-0.1, -0.05) is 45.9 Å². The molecule has 0 aromatic carbocycles. The van der Waals surface area contributed by atoms with Crippen LogP contribution in [0.3, 0.4) is 0 Å². The highest BCUT2D eigenvalue weighted by atomic mass is 16.5. The summed E-state index contributed by atoms with van der Waals surface area (Å²) in [7, 11) is 0. The van der Waals surface area contributed by atoms with Crippen molar-refractivity contribution in [2.45, 2.75) is 55.4 Å². The highest BCUT2D eigenvalue weighted by Crippen LogP contribution is 2.05. The molecule has 1 rings (SSSR count). The predicted molar refractivity (Wildman–Crippen MR) is 83.3 cm³/mol. The van der Waals surface area contributed by atoms with Gasteiger partial charge in [-0.3, -0.25) is 0 Å². The van der Waals surface area contributed by atoms with Crippen LogP contribution >= 0.6 is 0 Å². The third-order valence-corrected chi connectivity index (χ3v) is 1.51. The van der Waals surface area contributed by atoms with Gasteiger partial charge in [-0.15, -0.1) is 0 Å². The molecule has 2 nitrogen and oxygen atoms in total. The summed E-state index contributed by atoms with van der Waals surface area (Å²) >= 11 is 0. The van der Waals surface area contributed by atoms with Crippen LogP contribution in [-0.2, 0) is 0 Å². The zero-order valence-corrected chi connectivity index (χ0v) is 13.4. The summed E-state index contributed by atoms with van der Waals surface area (Å²) in [6.45, 7) is 16.6. The number of pyridine rings is 1. The molecule has 0 aliphatic heterocycles. The van der Waals surface area contributed by atoms with Crippen LogP contribution in [0.2, 0.25) is 0 Å². The summed E-state index contributed by atoms with van der Waals surface area (Å²) < 4.78 is 5.15. The Hall–Kier alpha value is -1.31. The van der Waals surface area contributed by atoms with E-state index in [2.05, 4.69) is 4.98 Å². The first-order valence-electron chi connectivity index (χ1n) is 6.87. The van der Waals surface area contributed by atoms with E-state index in [1.807, 2.05) is 79.7 Å². The van der Waals surface area contributed by atoms with Gasteiger partial charge in [-0.25, -0.2) is 4.98 Å². The first-order valence-corrected chi connectivity index (χ1v) is 6.87. The van der Waals surface area contributed by atoms with Gasteiger partial charge in [0, 0.05) is 12.3 Å². The minimum atomic E-state index is 0.677. The standard InChI is InChI=1S/C8H11NO.C4H8.2C2H6/c1-3-10-8-5-4-7(2)6-9-8;1-3-4-2;2*1-2/h4-6H,3H2,1-2H3;3-4H,1-2H3;2*1-2H3/b;4-3-;;. The molecular formula is C16H31NO. The third kappa shape index (κ3) is 17.1. The smallest absolute Gasteiger partial charge is 0.213 e. The molecule has 2 heteroatoms. The zero-order chi connectivity index (χ0) is 14.8. The second-order valence-electron chi connectivity index (χ2n) is 2.77. The van der Waals surface area contributed by atoms with Crippen LogP contribution in [0.4, 0.5) is 0 Å². The van der Waals surface area contributed by atoms with Crippen LogP contribution in [0.15, 0.2) is 30.5 Å². The first kappa shape index (κ1) is 21.9. The maximum absolute atomic E-state index is 5.15.